The number of nitrogens with one attached hydrogen (secondary N) is 2. The number of hydrogen-bond donors (Lipinski definition) is 2. The zero-order chi connectivity index (χ0) is 18.9. The van der Waals surface area contributed by atoms with Crippen molar-refractivity contribution >= 4 is 41.7 Å². The lowest BCUT2D eigenvalue weighted by molar-refractivity contribution is 0.0376. The van der Waals surface area contributed by atoms with Gasteiger partial charge in [0.2, 0.25) is 0 Å². The molecule has 0 bridgehead atoms. The molecule has 28 heavy (non-hydrogen) atoms. The molecule has 0 spiro atoms. The Kier molecular flexibility index (Phi) is 10.9. The molecular formula is C18H34IN7OS. The molecule has 3 rings (SSSR count). The second-order valence-electron chi connectivity index (χ2n) is 7.18. The van der Waals surface area contributed by atoms with E-state index in [-0.39, 0.29) is 24.0 Å². The van der Waals surface area contributed by atoms with Gasteiger partial charge in [0, 0.05) is 38.5 Å². The van der Waals surface area contributed by atoms with Crippen molar-refractivity contribution in [2.75, 3.05) is 50.9 Å². The van der Waals surface area contributed by atoms with Crippen LogP contribution < -0.4 is 10.6 Å². The van der Waals surface area contributed by atoms with Gasteiger partial charge < -0.3 is 19.9 Å². The van der Waals surface area contributed by atoms with Crippen molar-refractivity contribution in [3.05, 3.63) is 11.6 Å². The van der Waals surface area contributed by atoms with Gasteiger partial charge in [-0.25, -0.2) is 4.99 Å². The maximum Gasteiger partial charge on any atom is 0.191 e. The molecular weight excluding hydrogens is 489 g/mol. The Labute approximate surface area is 189 Å². The molecule has 0 saturated carbocycles. The van der Waals surface area contributed by atoms with Gasteiger partial charge in [-0.2, -0.15) is 11.8 Å². The summed E-state index contributed by atoms with van der Waals surface area (Å²) in [4.78, 5) is 7.24. The lowest BCUT2D eigenvalue weighted by Crippen LogP contribution is -2.46. The fourth-order valence-electron chi connectivity index (χ4n) is 3.27. The predicted molar refractivity (Wildman–Crippen MR) is 126 cm³/mol. The molecule has 2 N–H and O–H groups in total. The minimum absolute atomic E-state index is 0. The number of guanidine groups is 1. The van der Waals surface area contributed by atoms with Gasteiger partial charge in [0.1, 0.15) is 12.4 Å². The van der Waals surface area contributed by atoms with Gasteiger partial charge in [0.05, 0.1) is 13.2 Å². The fourth-order valence-corrected chi connectivity index (χ4v) is 4.35. The second-order valence-corrected chi connectivity index (χ2v) is 8.33. The highest BCUT2D eigenvalue weighted by molar-refractivity contribution is 14.0. The summed E-state index contributed by atoms with van der Waals surface area (Å²) in [5, 5.41) is 15.5. The first-order valence-corrected chi connectivity index (χ1v) is 11.2. The van der Waals surface area contributed by atoms with Crippen molar-refractivity contribution in [2.45, 2.75) is 38.8 Å². The maximum atomic E-state index is 5.41. The van der Waals surface area contributed by atoms with Gasteiger partial charge in [-0.3, -0.25) is 4.90 Å². The van der Waals surface area contributed by atoms with E-state index in [4.69, 9.17) is 9.73 Å². The molecule has 0 radical (unpaired) electrons. The molecule has 2 aliphatic heterocycles. The minimum atomic E-state index is 0. The Bertz CT molecular complexity index is 601. The van der Waals surface area contributed by atoms with Crippen LogP contribution in [-0.2, 0) is 18.3 Å². The number of halogens is 1. The molecule has 3 heterocycles. The van der Waals surface area contributed by atoms with E-state index in [1.807, 2.05) is 30.3 Å². The molecule has 0 aliphatic carbocycles. The molecule has 1 atom stereocenters. The predicted octanol–water partition coefficient (Wildman–Crippen LogP) is 1.39. The van der Waals surface area contributed by atoms with Crippen molar-refractivity contribution < 1.29 is 4.74 Å². The van der Waals surface area contributed by atoms with Gasteiger partial charge in [-0.05, 0) is 38.5 Å². The second kappa shape index (κ2) is 12.9. The maximum absolute atomic E-state index is 5.41. The topological polar surface area (TPSA) is 79.6 Å². The Morgan fingerprint density at radius 3 is 2.82 bits per heavy atom. The molecule has 1 aromatic rings. The van der Waals surface area contributed by atoms with Gasteiger partial charge in [0.15, 0.2) is 11.8 Å². The Morgan fingerprint density at radius 2 is 2.14 bits per heavy atom. The number of nitrogens with zero attached hydrogens (tertiary/aromatic N) is 5. The van der Waals surface area contributed by atoms with Crippen LogP contribution in [0, 0.1) is 6.92 Å². The van der Waals surface area contributed by atoms with Gasteiger partial charge in [-0.1, -0.05) is 0 Å². The monoisotopic (exact) mass is 523 g/mol. The summed E-state index contributed by atoms with van der Waals surface area (Å²) in [7, 11) is 1.99. The van der Waals surface area contributed by atoms with Crippen LogP contribution in [0.4, 0.5) is 0 Å². The number of morpholine rings is 1. The van der Waals surface area contributed by atoms with Crippen LogP contribution in [0.25, 0.3) is 0 Å². The first kappa shape index (κ1) is 23.7. The molecule has 160 valence electrons. The van der Waals surface area contributed by atoms with Crippen LogP contribution in [0.5, 0.6) is 0 Å². The van der Waals surface area contributed by atoms with Crippen LogP contribution in [0.15, 0.2) is 4.99 Å². The highest BCUT2D eigenvalue weighted by Gasteiger charge is 2.15. The summed E-state index contributed by atoms with van der Waals surface area (Å²) in [5.41, 5.74) is 0. The Balaban J connectivity index is 0.00000280. The molecule has 2 fully saturated rings. The van der Waals surface area contributed by atoms with Crippen molar-refractivity contribution in [1.82, 2.24) is 30.3 Å². The summed E-state index contributed by atoms with van der Waals surface area (Å²) in [5.74, 6) is 5.12. The molecule has 1 unspecified atom stereocenters. The molecule has 2 saturated heterocycles. The number of thioether (sulfide) groups is 1. The third kappa shape index (κ3) is 7.68. The molecule has 10 heteroatoms. The number of aliphatic imine (C=N–C) groups is 1. The first-order chi connectivity index (χ1) is 13.2. The largest absolute Gasteiger partial charge is 0.379 e. The molecule has 1 aromatic heterocycles. The average Bonchev–Trinajstić information content (AvgIpc) is 3.03. The summed E-state index contributed by atoms with van der Waals surface area (Å²) in [6.07, 6.45) is 3.59. The zero-order valence-electron chi connectivity index (χ0n) is 17.0. The zero-order valence-corrected chi connectivity index (χ0v) is 20.2. The number of rotatable bonds is 7. The normalized spacial score (nSPS) is 21.2. The van der Waals surface area contributed by atoms with Crippen LogP contribution in [-0.4, -0.2) is 82.6 Å². The lowest BCUT2D eigenvalue weighted by atomic mass is 10.2. The van der Waals surface area contributed by atoms with Gasteiger partial charge in [0.25, 0.3) is 0 Å². The van der Waals surface area contributed by atoms with Crippen molar-refractivity contribution in [3.63, 3.8) is 0 Å². The molecule has 0 aromatic carbocycles. The van der Waals surface area contributed by atoms with E-state index in [9.17, 15) is 0 Å². The number of hydrogen-bond acceptors (Lipinski definition) is 6. The van der Waals surface area contributed by atoms with Gasteiger partial charge >= 0.3 is 0 Å². The number of aryl methyl sites for hydroxylation is 1. The van der Waals surface area contributed by atoms with E-state index < -0.39 is 0 Å². The first-order valence-electron chi connectivity index (χ1n) is 10.00. The third-order valence-corrected chi connectivity index (χ3v) is 6.33. The third-order valence-electron chi connectivity index (χ3n) is 5.11. The Morgan fingerprint density at radius 1 is 1.32 bits per heavy atom. The summed E-state index contributed by atoms with van der Waals surface area (Å²) >= 11 is 2.02. The average molecular weight is 523 g/mol. The smallest absolute Gasteiger partial charge is 0.191 e. The standard InChI is InChI=1S/C18H33N7OS.HI/c1-15-22-23-17(24(15)2)13-20-18(21-16-5-3-12-27-14-16)19-6-4-7-25-8-10-26-11-9-25;/h16H,3-14H2,1-2H3,(H2,19,20,21);1H. The summed E-state index contributed by atoms with van der Waals surface area (Å²) < 4.78 is 7.41. The van der Waals surface area contributed by atoms with E-state index in [1.165, 1.54) is 18.6 Å². The highest BCUT2D eigenvalue weighted by atomic mass is 127. The lowest BCUT2D eigenvalue weighted by Gasteiger charge is -2.27. The number of ether oxygens (including phenoxy) is 1. The highest BCUT2D eigenvalue weighted by Crippen LogP contribution is 2.16. The SMILES string of the molecule is Cc1nnc(CN=C(NCCCN2CCOCC2)NC2CCCSC2)n1C.I. The fraction of sp³-hybridized carbons (Fsp3) is 0.833. The van der Waals surface area contributed by atoms with Crippen molar-refractivity contribution in [3.8, 4) is 0 Å². The van der Waals surface area contributed by atoms with Crippen LogP contribution in [0.2, 0.25) is 0 Å². The quantitative estimate of drug-likeness (QED) is 0.242. The molecule has 8 nitrogen and oxygen atoms in total. The van der Waals surface area contributed by atoms with Crippen molar-refractivity contribution in [2.24, 2.45) is 12.0 Å². The number of aromatic nitrogens is 3. The van der Waals surface area contributed by atoms with E-state index >= 15 is 0 Å². The molecule has 2 aliphatic rings. The Hall–Kier alpha value is -0.590. The van der Waals surface area contributed by atoms with Gasteiger partial charge in [-0.15, -0.1) is 34.2 Å². The van der Waals surface area contributed by atoms with E-state index in [0.717, 1.165) is 69.2 Å². The van der Waals surface area contributed by atoms with Crippen LogP contribution in [0.3, 0.4) is 0 Å². The van der Waals surface area contributed by atoms with Crippen LogP contribution >= 0.6 is 35.7 Å². The van der Waals surface area contributed by atoms with E-state index in [1.54, 1.807) is 0 Å². The summed E-state index contributed by atoms with van der Waals surface area (Å²) in [6.45, 7) is 8.33. The minimum Gasteiger partial charge on any atom is -0.379 e. The van der Waals surface area contributed by atoms with Crippen LogP contribution in [0.1, 0.15) is 30.9 Å². The summed E-state index contributed by atoms with van der Waals surface area (Å²) in [6, 6.07) is 0.496. The van der Waals surface area contributed by atoms with E-state index in [0.29, 0.717) is 12.6 Å². The van der Waals surface area contributed by atoms with Crippen molar-refractivity contribution in [1.29, 1.82) is 0 Å². The molecule has 0 amide bonds. The van der Waals surface area contributed by atoms with E-state index in [2.05, 4.69) is 25.7 Å².